The number of amides is 2. The molecule has 1 unspecified atom stereocenters. The lowest BCUT2D eigenvalue weighted by Gasteiger charge is -2.37. The fraction of sp³-hybridized carbons (Fsp3) is 0.353. The summed E-state index contributed by atoms with van der Waals surface area (Å²) in [5.74, 6) is -2.90. The molecule has 3 aromatic carbocycles. The fourth-order valence-electron chi connectivity index (χ4n) is 6.21. The van der Waals surface area contributed by atoms with Crippen molar-refractivity contribution < 1.29 is 34.1 Å². The zero-order chi connectivity index (χ0) is 33.3. The number of carbonyl (C=O) groups is 4. The highest BCUT2D eigenvalue weighted by atomic mass is 35.5. The molecule has 0 radical (unpaired) electrons. The van der Waals surface area contributed by atoms with E-state index in [4.69, 9.17) is 47.7 Å². The van der Waals surface area contributed by atoms with Gasteiger partial charge in [0.05, 0.1) is 22.6 Å². The van der Waals surface area contributed by atoms with E-state index in [1.807, 2.05) is 41.3 Å². The molecule has 2 saturated heterocycles. The quantitative estimate of drug-likeness (QED) is 0.251. The van der Waals surface area contributed by atoms with Gasteiger partial charge < -0.3 is 30.5 Å². The van der Waals surface area contributed by atoms with Gasteiger partial charge in [-0.1, -0.05) is 59.6 Å². The number of halogens is 2. The third-order valence-corrected chi connectivity index (χ3v) is 9.54. The first kappa shape index (κ1) is 34.7. The molecule has 3 aromatic rings. The number of rotatable bonds is 8. The summed E-state index contributed by atoms with van der Waals surface area (Å²) in [6.07, 6.45) is 2.94. The molecule has 12 heteroatoms. The summed E-state index contributed by atoms with van der Waals surface area (Å²) in [5, 5.41) is 22.4. The van der Waals surface area contributed by atoms with Crippen LogP contribution in [0.15, 0.2) is 72.8 Å². The fourth-order valence-corrected chi connectivity index (χ4v) is 6.51. The predicted molar refractivity (Wildman–Crippen MR) is 175 cm³/mol. The SMILES string of the molecule is COc1ccc(C(=O)N2CCC(CCNC(=O)C3(c4ccccc4)CCNCC3)(c3ccc(Cl)c(Cl)c3)C2)cc1.O=C(O)C(=O)O. The van der Waals surface area contributed by atoms with E-state index in [0.29, 0.717) is 47.4 Å². The summed E-state index contributed by atoms with van der Waals surface area (Å²) in [6.45, 7) is 3.24. The van der Waals surface area contributed by atoms with Crippen molar-refractivity contribution in [2.75, 3.05) is 39.8 Å². The van der Waals surface area contributed by atoms with Gasteiger partial charge in [0.15, 0.2) is 0 Å². The number of ether oxygens (including phenoxy) is 1. The standard InChI is InChI=1S/C32H35Cl2N3O3.C2H2O4/c1-40-26-10-7-23(8-11-26)29(38)37-20-16-31(22-37,25-9-12-27(33)28(34)21-25)13-19-36-30(39)32(14-17-35-18-15-32)24-5-3-2-4-6-24;3-1(4)2(5)6/h2-12,21,35H,13-20,22H2,1H3,(H,36,39);(H,3,4)(H,5,6). The Morgan fingerprint density at radius 3 is 2.11 bits per heavy atom. The van der Waals surface area contributed by atoms with Gasteiger partial charge in [0, 0.05) is 30.6 Å². The van der Waals surface area contributed by atoms with Crippen LogP contribution in [-0.4, -0.2) is 78.7 Å². The molecule has 2 heterocycles. The lowest BCUT2D eigenvalue weighted by Crippen LogP contribution is -2.51. The highest BCUT2D eigenvalue weighted by Crippen LogP contribution is 2.41. The second-order valence-corrected chi connectivity index (χ2v) is 12.2. The van der Waals surface area contributed by atoms with Gasteiger partial charge in [0.1, 0.15) is 5.75 Å². The van der Waals surface area contributed by atoms with Gasteiger partial charge in [-0.05, 0) is 86.3 Å². The third kappa shape index (κ3) is 7.99. The van der Waals surface area contributed by atoms with Crippen molar-refractivity contribution in [3.63, 3.8) is 0 Å². The first-order valence-electron chi connectivity index (χ1n) is 14.9. The number of hydrogen-bond donors (Lipinski definition) is 4. The number of nitrogens with one attached hydrogen (secondary N) is 2. The van der Waals surface area contributed by atoms with E-state index in [0.717, 1.165) is 43.5 Å². The highest BCUT2D eigenvalue weighted by molar-refractivity contribution is 6.42. The van der Waals surface area contributed by atoms with Gasteiger partial charge in [-0.15, -0.1) is 0 Å². The first-order valence-corrected chi connectivity index (χ1v) is 15.7. The summed E-state index contributed by atoms with van der Waals surface area (Å²) < 4.78 is 5.24. The molecule has 46 heavy (non-hydrogen) atoms. The molecule has 0 bridgehead atoms. The number of benzene rings is 3. The molecule has 0 saturated carbocycles. The van der Waals surface area contributed by atoms with E-state index in [9.17, 15) is 9.59 Å². The Morgan fingerprint density at radius 1 is 0.870 bits per heavy atom. The minimum absolute atomic E-state index is 0.0219. The second kappa shape index (κ2) is 15.4. The molecule has 2 fully saturated rings. The number of hydrogen-bond acceptors (Lipinski definition) is 6. The number of nitrogens with zero attached hydrogens (tertiary/aromatic N) is 1. The Morgan fingerprint density at radius 2 is 1.52 bits per heavy atom. The van der Waals surface area contributed by atoms with Crippen molar-refractivity contribution in [1.29, 1.82) is 0 Å². The van der Waals surface area contributed by atoms with Crippen molar-refractivity contribution >= 4 is 47.0 Å². The van der Waals surface area contributed by atoms with Crippen LogP contribution < -0.4 is 15.4 Å². The maximum Gasteiger partial charge on any atom is 0.414 e. The van der Waals surface area contributed by atoms with Crippen LogP contribution in [0.4, 0.5) is 0 Å². The van der Waals surface area contributed by atoms with Crippen LogP contribution >= 0.6 is 23.2 Å². The van der Waals surface area contributed by atoms with E-state index < -0.39 is 17.4 Å². The Balaban J connectivity index is 0.000000731. The topological polar surface area (TPSA) is 145 Å². The molecular weight excluding hydrogens is 633 g/mol. The molecule has 4 N–H and O–H groups in total. The average Bonchev–Trinajstić information content (AvgIpc) is 3.52. The Hall–Kier alpha value is -4.12. The normalized spacial score (nSPS) is 18.5. The van der Waals surface area contributed by atoms with Gasteiger partial charge in [0.25, 0.3) is 5.91 Å². The molecule has 2 amide bonds. The van der Waals surface area contributed by atoms with Gasteiger partial charge in [-0.3, -0.25) is 9.59 Å². The van der Waals surface area contributed by atoms with Gasteiger partial charge >= 0.3 is 11.9 Å². The largest absolute Gasteiger partial charge is 0.497 e. The summed E-state index contributed by atoms with van der Waals surface area (Å²) >= 11 is 12.7. The minimum Gasteiger partial charge on any atom is -0.497 e. The Bertz CT molecular complexity index is 1530. The van der Waals surface area contributed by atoms with Crippen molar-refractivity contribution in [3.05, 3.63) is 99.5 Å². The maximum absolute atomic E-state index is 13.8. The van der Waals surface area contributed by atoms with Crippen LogP contribution in [0.3, 0.4) is 0 Å². The van der Waals surface area contributed by atoms with Crippen molar-refractivity contribution in [1.82, 2.24) is 15.5 Å². The number of likely N-dealkylation sites (tertiary alicyclic amines) is 1. The van der Waals surface area contributed by atoms with Crippen LogP contribution in [0.5, 0.6) is 5.75 Å². The number of carboxylic acids is 2. The molecule has 0 aliphatic carbocycles. The van der Waals surface area contributed by atoms with E-state index in [1.54, 1.807) is 31.4 Å². The lowest BCUT2D eigenvalue weighted by atomic mass is 9.72. The van der Waals surface area contributed by atoms with Crippen LogP contribution in [-0.2, 0) is 25.2 Å². The van der Waals surface area contributed by atoms with E-state index in [-0.39, 0.29) is 17.2 Å². The second-order valence-electron chi connectivity index (χ2n) is 11.4. The Kier molecular flexibility index (Phi) is 11.7. The molecule has 1 atom stereocenters. The maximum atomic E-state index is 13.8. The molecule has 10 nitrogen and oxygen atoms in total. The monoisotopic (exact) mass is 669 g/mol. The zero-order valence-corrected chi connectivity index (χ0v) is 26.9. The average molecular weight is 671 g/mol. The Labute approximate surface area is 277 Å². The zero-order valence-electron chi connectivity index (χ0n) is 25.4. The van der Waals surface area contributed by atoms with Crippen LogP contribution in [0.25, 0.3) is 0 Å². The number of aliphatic carboxylic acids is 2. The summed E-state index contributed by atoms with van der Waals surface area (Å²) in [5.41, 5.74) is 1.80. The number of carboxylic acid groups (broad SMARTS) is 2. The third-order valence-electron chi connectivity index (χ3n) is 8.80. The van der Waals surface area contributed by atoms with Crippen molar-refractivity contribution in [3.8, 4) is 5.75 Å². The first-order chi connectivity index (χ1) is 22.0. The molecule has 0 spiro atoms. The van der Waals surface area contributed by atoms with Crippen LogP contribution in [0.1, 0.15) is 47.2 Å². The number of methoxy groups -OCH3 is 1. The number of carbonyl (C=O) groups excluding carboxylic acids is 2. The van der Waals surface area contributed by atoms with Gasteiger partial charge in [-0.2, -0.15) is 0 Å². The molecule has 5 rings (SSSR count). The van der Waals surface area contributed by atoms with Crippen molar-refractivity contribution in [2.24, 2.45) is 0 Å². The van der Waals surface area contributed by atoms with Gasteiger partial charge in [0.2, 0.25) is 5.91 Å². The van der Waals surface area contributed by atoms with E-state index in [2.05, 4.69) is 22.8 Å². The smallest absolute Gasteiger partial charge is 0.414 e. The molecule has 244 valence electrons. The summed E-state index contributed by atoms with van der Waals surface area (Å²) in [7, 11) is 1.61. The van der Waals surface area contributed by atoms with Crippen LogP contribution in [0, 0.1) is 0 Å². The van der Waals surface area contributed by atoms with E-state index >= 15 is 0 Å². The van der Waals surface area contributed by atoms with E-state index in [1.165, 1.54) is 0 Å². The summed E-state index contributed by atoms with van der Waals surface area (Å²) in [6, 6.07) is 23.0. The van der Waals surface area contributed by atoms with Gasteiger partial charge in [-0.25, -0.2) is 9.59 Å². The van der Waals surface area contributed by atoms with Crippen LogP contribution in [0.2, 0.25) is 10.0 Å². The summed E-state index contributed by atoms with van der Waals surface area (Å²) in [4.78, 5) is 47.3. The molecule has 2 aliphatic heterocycles. The van der Waals surface area contributed by atoms with Crippen molar-refractivity contribution in [2.45, 2.75) is 36.5 Å². The lowest BCUT2D eigenvalue weighted by molar-refractivity contribution is -0.159. The molecular formula is C34H37Cl2N3O7. The minimum atomic E-state index is -1.82. The molecule has 0 aromatic heterocycles. The predicted octanol–water partition coefficient (Wildman–Crippen LogP) is 4.77. The molecule has 2 aliphatic rings. The number of piperidine rings is 1. The highest BCUT2D eigenvalue weighted by Gasteiger charge is 2.44.